The smallest absolute Gasteiger partial charge is 0.197 e. The predicted octanol–water partition coefficient (Wildman–Crippen LogP) is 3.68. The zero-order chi connectivity index (χ0) is 26.2. The van der Waals surface area contributed by atoms with Gasteiger partial charge in [0.05, 0.1) is 28.1 Å². The van der Waals surface area contributed by atoms with E-state index in [1.165, 1.54) is 29.2 Å². The molecule has 0 N–H and O–H groups in total. The summed E-state index contributed by atoms with van der Waals surface area (Å²) in [6.07, 6.45) is 5.60. The molecule has 37 heavy (non-hydrogen) atoms. The van der Waals surface area contributed by atoms with Crippen molar-refractivity contribution in [1.29, 1.82) is 0 Å². The Balaban J connectivity index is 1.49. The maximum Gasteiger partial charge on any atom is 0.197 e. The van der Waals surface area contributed by atoms with Crippen LogP contribution in [0.3, 0.4) is 0 Å². The number of nitrogens with zero attached hydrogens (tertiary/aromatic N) is 7. The number of rotatable bonds is 5. The van der Waals surface area contributed by atoms with Crippen molar-refractivity contribution in [2.75, 3.05) is 6.26 Å². The van der Waals surface area contributed by atoms with Gasteiger partial charge in [0, 0.05) is 12.5 Å². The number of benzene rings is 1. The quantitative estimate of drug-likeness (QED) is 0.389. The van der Waals surface area contributed by atoms with Crippen LogP contribution < -0.4 is 0 Å². The Morgan fingerprint density at radius 3 is 2.59 bits per heavy atom. The molecule has 9 nitrogen and oxygen atoms in total. The van der Waals surface area contributed by atoms with Crippen molar-refractivity contribution in [3.05, 3.63) is 71.4 Å². The van der Waals surface area contributed by atoms with E-state index in [9.17, 15) is 17.2 Å². The monoisotopic (exact) mass is 523 g/mol. The summed E-state index contributed by atoms with van der Waals surface area (Å²) in [5, 5.41) is 12.8. The molecule has 0 saturated heterocycles. The zero-order valence-corrected chi connectivity index (χ0v) is 21.2. The molecule has 0 amide bonds. The van der Waals surface area contributed by atoms with Crippen molar-refractivity contribution < 1.29 is 17.2 Å². The van der Waals surface area contributed by atoms with Gasteiger partial charge < -0.3 is 0 Å². The Kier molecular flexibility index (Phi) is 5.07. The number of fused-ring (bicyclic) bond motifs is 5. The highest BCUT2D eigenvalue weighted by Crippen LogP contribution is 2.69. The summed E-state index contributed by atoms with van der Waals surface area (Å²) in [4.78, 5) is 13.4. The van der Waals surface area contributed by atoms with Gasteiger partial charge in [-0.3, -0.25) is 0 Å². The molecule has 6 rings (SSSR count). The average Bonchev–Trinajstić information content (AvgIpc) is 3.45. The highest BCUT2D eigenvalue weighted by Gasteiger charge is 2.65. The first-order valence-corrected chi connectivity index (χ1v) is 13.8. The fourth-order valence-electron chi connectivity index (χ4n) is 6.21. The number of aromatic nitrogens is 7. The molecule has 3 heterocycles. The third kappa shape index (κ3) is 3.41. The summed E-state index contributed by atoms with van der Waals surface area (Å²) >= 11 is 0. The predicted molar refractivity (Wildman–Crippen MR) is 130 cm³/mol. The molecule has 0 radical (unpaired) electrons. The van der Waals surface area contributed by atoms with E-state index >= 15 is 0 Å². The first kappa shape index (κ1) is 23.7. The molecule has 2 atom stereocenters. The van der Waals surface area contributed by atoms with E-state index in [1.807, 2.05) is 6.07 Å². The van der Waals surface area contributed by atoms with Gasteiger partial charge in [-0.2, -0.15) is 10.2 Å². The highest BCUT2D eigenvalue weighted by atomic mass is 32.2. The van der Waals surface area contributed by atoms with E-state index < -0.39 is 26.9 Å². The molecule has 0 spiro atoms. The SMILES string of the molecule is CC1(C)[C@H]2CC[C@@]1(c1ccnc(-c3ncnn3CS(C)(=O)=O)n1)c1nnc(-c3c(F)cccc3F)cc12. The van der Waals surface area contributed by atoms with Crippen molar-refractivity contribution in [2.24, 2.45) is 5.41 Å². The molecule has 2 aliphatic rings. The zero-order valence-electron chi connectivity index (χ0n) is 20.4. The fourth-order valence-corrected chi connectivity index (χ4v) is 6.85. The van der Waals surface area contributed by atoms with Gasteiger partial charge in [-0.05, 0) is 54.0 Å². The van der Waals surface area contributed by atoms with Crippen LogP contribution in [0.15, 0.2) is 42.9 Å². The second-order valence-electron chi connectivity index (χ2n) is 10.3. The third-order valence-electron chi connectivity index (χ3n) is 7.87. The van der Waals surface area contributed by atoms with Crippen LogP contribution in [0.4, 0.5) is 8.78 Å². The first-order valence-electron chi connectivity index (χ1n) is 11.7. The number of hydrogen-bond acceptors (Lipinski definition) is 8. The minimum absolute atomic E-state index is 0.0823. The molecular formula is C25H23F2N7O2S. The van der Waals surface area contributed by atoms with Crippen molar-refractivity contribution in [1.82, 2.24) is 34.9 Å². The van der Waals surface area contributed by atoms with Crippen LogP contribution in [0.5, 0.6) is 0 Å². The summed E-state index contributed by atoms with van der Waals surface area (Å²) in [6.45, 7) is 4.29. The molecule has 1 fully saturated rings. The van der Waals surface area contributed by atoms with Gasteiger partial charge >= 0.3 is 0 Å². The Labute approximate surface area is 212 Å². The normalized spacial score (nSPS) is 21.8. The molecule has 3 aromatic heterocycles. The van der Waals surface area contributed by atoms with Gasteiger partial charge in [-0.15, -0.1) is 5.10 Å². The number of sulfone groups is 1. The minimum atomic E-state index is -3.37. The summed E-state index contributed by atoms with van der Waals surface area (Å²) < 4.78 is 54.0. The lowest BCUT2D eigenvalue weighted by Crippen LogP contribution is -2.38. The van der Waals surface area contributed by atoms with E-state index in [0.717, 1.165) is 30.4 Å². The van der Waals surface area contributed by atoms with Gasteiger partial charge in [0.15, 0.2) is 21.5 Å². The molecule has 4 aromatic rings. The Morgan fingerprint density at radius 1 is 1.11 bits per heavy atom. The van der Waals surface area contributed by atoms with E-state index in [4.69, 9.17) is 4.98 Å². The molecular weight excluding hydrogens is 500 g/mol. The van der Waals surface area contributed by atoms with Crippen molar-refractivity contribution in [2.45, 2.75) is 43.9 Å². The molecule has 1 saturated carbocycles. The molecule has 12 heteroatoms. The van der Waals surface area contributed by atoms with Gasteiger partial charge in [-0.1, -0.05) is 19.9 Å². The second-order valence-corrected chi connectivity index (χ2v) is 12.4. The summed E-state index contributed by atoms with van der Waals surface area (Å²) in [7, 11) is -3.37. The van der Waals surface area contributed by atoms with Crippen molar-refractivity contribution in [3.8, 4) is 22.9 Å². The fraction of sp³-hybridized carbons (Fsp3) is 0.360. The Morgan fingerprint density at radius 2 is 1.86 bits per heavy atom. The van der Waals surface area contributed by atoms with Crippen LogP contribution in [0.2, 0.25) is 0 Å². The second kappa shape index (κ2) is 7.91. The lowest BCUT2D eigenvalue weighted by atomic mass is 9.66. The number of hydrogen-bond donors (Lipinski definition) is 0. The largest absolute Gasteiger partial charge is 0.234 e. The van der Waals surface area contributed by atoms with Gasteiger partial charge in [-0.25, -0.2) is 36.8 Å². The molecule has 0 unspecified atom stereocenters. The molecule has 2 aliphatic carbocycles. The molecule has 2 bridgehead atoms. The van der Waals surface area contributed by atoms with E-state index in [-0.39, 0.29) is 40.1 Å². The average molecular weight is 524 g/mol. The van der Waals surface area contributed by atoms with E-state index in [2.05, 4.69) is 39.1 Å². The standard InChI is InChI=1S/C25H23F2N7O2S/c1-24(2)15-7-9-25(24,21-14(15)11-18(32-33-21)20-16(26)5-4-6-17(20)27)19-8-10-28-22(31-19)23-29-12-30-34(23)13-37(3,35)36/h4-6,8,10-12,15H,7,9,13H2,1-3H3/t15-,25+/m0/s1. The summed E-state index contributed by atoms with van der Waals surface area (Å²) in [6, 6.07) is 7.30. The Bertz CT molecular complexity index is 1650. The molecule has 190 valence electrons. The Hall–Kier alpha value is -3.67. The van der Waals surface area contributed by atoms with Gasteiger partial charge in [0.1, 0.15) is 23.8 Å². The van der Waals surface area contributed by atoms with Crippen LogP contribution in [-0.4, -0.2) is 49.6 Å². The van der Waals surface area contributed by atoms with Crippen molar-refractivity contribution in [3.63, 3.8) is 0 Å². The summed E-state index contributed by atoms with van der Waals surface area (Å²) in [5.74, 6) is -1.16. The lowest BCUT2D eigenvalue weighted by molar-refractivity contribution is 0.242. The first-order chi connectivity index (χ1) is 17.5. The topological polar surface area (TPSA) is 116 Å². The highest BCUT2D eigenvalue weighted by molar-refractivity contribution is 7.89. The maximum atomic E-state index is 14.5. The van der Waals surface area contributed by atoms with E-state index in [1.54, 1.807) is 12.3 Å². The van der Waals surface area contributed by atoms with Crippen molar-refractivity contribution >= 4 is 9.84 Å². The number of halogens is 2. The maximum absolute atomic E-state index is 14.5. The molecule has 0 aliphatic heterocycles. The minimum Gasteiger partial charge on any atom is -0.234 e. The lowest BCUT2D eigenvalue weighted by Gasteiger charge is -2.37. The van der Waals surface area contributed by atoms with E-state index in [0.29, 0.717) is 5.69 Å². The van der Waals surface area contributed by atoms with Crippen LogP contribution in [-0.2, 0) is 21.1 Å². The van der Waals surface area contributed by atoms with Crippen LogP contribution >= 0.6 is 0 Å². The van der Waals surface area contributed by atoms with Crippen LogP contribution in [0.25, 0.3) is 22.9 Å². The van der Waals surface area contributed by atoms with Gasteiger partial charge in [0.2, 0.25) is 0 Å². The van der Waals surface area contributed by atoms with Crippen LogP contribution in [0.1, 0.15) is 49.6 Å². The molecule has 1 aromatic carbocycles. The summed E-state index contributed by atoms with van der Waals surface area (Å²) in [5.41, 5.74) is 1.36. The van der Waals surface area contributed by atoms with Gasteiger partial charge in [0.25, 0.3) is 0 Å². The third-order valence-corrected chi connectivity index (χ3v) is 8.58. The van der Waals surface area contributed by atoms with Crippen LogP contribution in [0, 0.1) is 17.0 Å².